The summed E-state index contributed by atoms with van der Waals surface area (Å²) in [5, 5.41) is 12.3. The summed E-state index contributed by atoms with van der Waals surface area (Å²) in [4.78, 5) is 17.8. The van der Waals surface area contributed by atoms with E-state index >= 15 is 0 Å². The van der Waals surface area contributed by atoms with Gasteiger partial charge in [0.15, 0.2) is 0 Å². The number of benzene rings is 1. The highest BCUT2D eigenvalue weighted by molar-refractivity contribution is 5.77. The Kier molecular flexibility index (Phi) is 2.36. The van der Waals surface area contributed by atoms with Gasteiger partial charge in [0, 0.05) is 0 Å². The van der Waals surface area contributed by atoms with E-state index in [2.05, 4.69) is 20.4 Å². The molecule has 0 N–H and O–H groups in total. The number of para-hydroxylation sites is 1. The van der Waals surface area contributed by atoms with E-state index in [1.807, 2.05) is 13.0 Å². The molecule has 0 amide bonds. The van der Waals surface area contributed by atoms with Gasteiger partial charge in [-0.1, -0.05) is 17.2 Å². The molecular formula is C11H10N6O. The summed E-state index contributed by atoms with van der Waals surface area (Å²) in [5.41, 5.74) is 0.456. The molecule has 90 valence electrons. The Morgan fingerprint density at radius 2 is 2.11 bits per heavy atom. The fraction of sp³-hybridized carbons (Fsp3) is 0.182. The summed E-state index contributed by atoms with van der Waals surface area (Å²) >= 11 is 0. The van der Waals surface area contributed by atoms with Crippen molar-refractivity contribution in [1.29, 1.82) is 0 Å². The fourth-order valence-corrected chi connectivity index (χ4v) is 1.68. The van der Waals surface area contributed by atoms with Crippen LogP contribution in [0.15, 0.2) is 35.4 Å². The number of hydrogen-bond acceptors (Lipinski definition) is 5. The highest BCUT2D eigenvalue weighted by Gasteiger charge is 2.09. The van der Waals surface area contributed by atoms with Crippen LogP contribution in [0.1, 0.15) is 6.92 Å². The molecule has 0 aliphatic carbocycles. The predicted octanol–water partition coefficient (Wildman–Crippen LogP) is 0.392. The van der Waals surface area contributed by atoms with Crippen LogP contribution < -0.4 is 5.56 Å². The van der Waals surface area contributed by atoms with Gasteiger partial charge in [-0.15, -0.1) is 5.10 Å². The minimum absolute atomic E-state index is 0.198. The topological polar surface area (TPSA) is 78.5 Å². The molecule has 0 atom stereocenters. The lowest BCUT2D eigenvalue weighted by Gasteiger charge is -2.00. The van der Waals surface area contributed by atoms with Crippen molar-refractivity contribution in [2.24, 2.45) is 0 Å². The van der Waals surface area contributed by atoms with Crippen LogP contribution in [-0.4, -0.2) is 29.8 Å². The number of tetrazole rings is 1. The van der Waals surface area contributed by atoms with Crippen molar-refractivity contribution >= 4 is 10.9 Å². The molecule has 0 saturated heterocycles. The van der Waals surface area contributed by atoms with Crippen molar-refractivity contribution in [2.75, 3.05) is 0 Å². The quantitative estimate of drug-likeness (QED) is 0.649. The molecule has 3 rings (SSSR count). The largest absolute Gasteiger partial charge is 0.278 e. The van der Waals surface area contributed by atoms with E-state index in [1.165, 1.54) is 15.7 Å². The molecule has 0 fully saturated rings. The molecule has 2 aromatic heterocycles. The van der Waals surface area contributed by atoms with Crippen LogP contribution in [0.5, 0.6) is 0 Å². The molecule has 0 unspecified atom stereocenters. The lowest BCUT2D eigenvalue weighted by Crippen LogP contribution is -2.20. The Balaban J connectivity index is 2.24. The molecule has 0 aliphatic heterocycles. The summed E-state index contributed by atoms with van der Waals surface area (Å²) in [7, 11) is 0. The van der Waals surface area contributed by atoms with Crippen LogP contribution in [0.3, 0.4) is 0 Å². The Labute approximate surface area is 102 Å². The number of aryl methyl sites for hydroxylation is 1. The van der Waals surface area contributed by atoms with Gasteiger partial charge in [0.05, 0.1) is 17.4 Å². The molecule has 7 nitrogen and oxygen atoms in total. The Morgan fingerprint density at radius 3 is 2.89 bits per heavy atom. The van der Waals surface area contributed by atoms with E-state index in [0.29, 0.717) is 17.4 Å². The number of rotatable bonds is 2. The average molecular weight is 242 g/mol. The monoisotopic (exact) mass is 242 g/mol. The molecule has 0 aliphatic rings. The van der Waals surface area contributed by atoms with Gasteiger partial charge in [0.25, 0.3) is 11.5 Å². The van der Waals surface area contributed by atoms with Crippen molar-refractivity contribution in [3.8, 4) is 5.95 Å². The zero-order valence-corrected chi connectivity index (χ0v) is 9.69. The maximum atomic E-state index is 12.2. The first-order valence-corrected chi connectivity index (χ1v) is 5.54. The van der Waals surface area contributed by atoms with Gasteiger partial charge in [0.2, 0.25) is 0 Å². The minimum Gasteiger partial charge on any atom is -0.268 e. The van der Waals surface area contributed by atoms with Gasteiger partial charge in [-0.25, -0.2) is 9.55 Å². The lowest BCUT2D eigenvalue weighted by atomic mass is 10.2. The van der Waals surface area contributed by atoms with E-state index in [4.69, 9.17) is 0 Å². The van der Waals surface area contributed by atoms with Gasteiger partial charge >= 0.3 is 0 Å². The second-order valence-corrected chi connectivity index (χ2v) is 3.71. The first kappa shape index (κ1) is 10.6. The molecule has 0 spiro atoms. The van der Waals surface area contributed by atoms with Gasteiger partial charge < -0.3 is 0 Å². The van der Waals surface area contributed by atoms with Crippen LogP contribution in [0.25, 0.3) is 16.9 Å². The predicted molar refractivity (Wildman–Crippen MR) is 64.4 cm³/mol. The normalized spacial score (nSPS) is 10.9. The number of hydrogen-bond donors (Lipinski definition) is 0. The molecule has 18 heavy (non-hydrogen) atoms. The summed E-state index contributed by atoms with van der Waals surface area (Å²) in [6, 6.07) is 7.15. The zero-order valence-electron chi connectivity index (χ0n) is 9.69. The fourth-order valence-electron chi connectivity index (χ4n) is 1.68. The van der Waals surface area contributed by atoms with Gasteiger partial charge in [0.1, 0.15) is 6.33 Å². The molecule has 0 bridgehead atoms. The zero-order chi connectivity index (χ0) is 12.5. The van der Waals surface area contributed by atoms with Crippen molar-refractivity contribution in [1.82, 2.24) is 29.8 Å². The van der Waals surface area contributed by atoms with Crippen molar-refractivity contribution in [3.05, 3.63) is 40.9 Å². The van der Waals surface area contributed by atoms with Crippen molar-refractivity contribution in [3.63, 3.8) is 0 Å². The third-order valence-corrected chi connectivity index (χ3v) is 2.61. The van der Waals surface area contributed by atoms with Crippen molar-refractivity contribution < 1.29 is 0 Å². The van der Waals surface area contributed by atoms with Gasteiger partial charge in [-0.3, -0.25) is 4.79 Å². The summed E-state index contributed by atoms with van der Waals surface area (Å²) in [6.45, 7) is 2.50. The van der Waals surface area contributed by atoms with E-state index in [1.54, 1.807) is 18.2 Å². The maximum Gasteiger partial charge on any atom is 0.278 e. The smallest absolute Gasteiger partial charge is 0.268 e. The summed E-state index contributed by atoms with van der Waals surface area (Å²) < 4.78 is 1.29. The first-order valence-electron chi connectivity index (χ1n) is 5.54. The molecule has 3 aromatic rings. The van der Waals surface area contributed by atoms with E-state index in [9.17, 15) is 4.79 Å². The Morgan fingerprint density at radius 1 is 1.28 bits per heavy atom. The van der Waals surface area contributed by atoms with Crippen LogP contribution >= 0.6 is 0 Å². The Hall–Kier alpha value is -2.57. The summed E-state index contributed by atoms with van der Waals surface area (Å²) in [5.74, 6) is 0.236. The van der Waals surface area contributed by atoms with Crippen LogP contribution in [0, 0.1) is 0 Å². The molecule has 0 radical (unpaired) electrons. The SMILES string of the molecule is CCn1nnc(-n2cnc3ccccc3c2=O)n1. The van der Waals surface area contributed by atoms with E-state index in [-0.39, 0.29) is 11.5 Å². The van der Waals surface area contributed by atoms with Crippen LogP contribution in [-0.2, 0) is 6.54 Å². The second-order valence-electron chi connectivity index (χ2n) is 3.71. The molecule has 1 aromatic carbocycles. The molecule has 7 heteroatoms. The van der Waals surface area contributed by atoms with Crippen LogP contribution in [0.4, 0.5) is 0 Å². The minimum atomic E-state index is -0.198. The highest BCUT2D eigenvalue weighted by atomic mass is 16.1. The molecular weight excluding hydrogens is 232 g/mol. The standard InChI is InChI=1S/C11H10N6O/c1-2-17-14-11(13-15-17)16-7-12-9-6-4-3-5-8(9)10(16)18/h3-7H,2H2,1H3. The maximum absolute atomic E-state index is 12.2. The highest BCUT2D eigenvalue weighted by Crippen LogP contribution is 2.05. The van der Waals surface area contributed by atoms with Gasteiger partial charge in [-0.05, 0) is 24.3 Å². The van der Waals surface area contributed by atoms with Gasteiger partial charge in [-0.2, -0.15) is 4.80 Å². The summed E-state index contributed by atoms with van der Waals surface area (Å²) in [6.07, 6.45) is 1.42. The number of aromatic nitrogens is 6. The molecule has 0 saturated carbocycles. The van der Waals surface area contributed by atoms with Crippen molar-refractivity contribution in [2.45, 2.75) is 13.5 Å². The molecule has 2 heterocycles. The Bertz CT molecular complexity index is 759. The van der Waals surface area contributed by atoms with E-state index in [0.717, 1.165) is 0 Å². The third kappa shape index (κ3) is 1.56. The third-order valence-electron chi connectivity index (χ3n) is 2.61. The van der Waals surface area contributed by atoms with Crippen LogP contribution in [0.2, 0.25) is 0 Å². The lowest BCUT2D eigenvalue weighted by molar-refractivity contribution is 0.551. The second kappa shape index (κ2) is 4.02. The van der Waals surface area contributed by atoms with E-state index < -0.39 is 0 Å². The first-order chi connectivity index (χ1) is 8.79. The number of fused-ring (bicyclic) bond motifs is 1. The average Bonchev–Trinajstić information content (AvgIpc) is 2.88. The number of nitrogens with zero attached hydrogens (tertiary/aromatic N) is 6.